The molecule has 0 spiro atoms. The van der Waals surface area contributed by atoms with Crippen LogP contribution in [0.4, 0.5) is 0 Å². The fourth-order valence-electron chi connectivity index (χ4n) is 1.33. The highest BCUT2D eigenvalue weighted by Crippen LogP contribution is 2.12. The standard InChI is InChI=1S/C12H17NO2S/c1-13(6-7-16-2)12(15)9-10-4-3-5-11(14)8-10/h3-5,8,14H,6-7,9H2,1-2H3. The molecule has 1 amide bonds. The summed E-state index contributed by atoms with van der Waals surface area (Å²) in [4.78, 5) is 13.5. The van der Waals surface area contributed by atoms with Crippen molar-refractivity contribution in [1.29, 1.82) is 0 Å². The molecule has 0 radical (unpaired) electrons. The van der Waals surface area contributed by atoms with E-state index in [9.17, 15) is 9.90 Å². The molecule has 0 aliphatic carbocycles. The van der Waals surface area contributed by atoms with Crippen LogP contribution < -0.4 is 0 Å². The second-order valence-electron chi connectivity index (χ2n) is 3.65. The van der Waals surface area contributed by atoms with E-state index in [1.807, 2.05) is 12.3 Å². The molecule has 0 aromatic heterocycles. The van der Waals surface area contributed by atoms with Crippen molar-refractivity contribution in [3.63, 3.8) is 0 Å². The van der Waals surface area contributed by atoms with Gasteiger partial charge in [0.1, 0.15) is 5.75 Å². The van der Waals surface area contributed by atoms with Gasteiger partial charge in [-0.05, 0) is 24.0 Å². The van der Waals surface area contributed by atoms with Crippen molar-refractivity contribution in [3.05, 3.63) is 29.8 Å². The van der Waals surface area contributed by atoms with Gasteiger partial charge in [0.25, 0.3) is 0 Å². The van der Waals surface area contributed by atoms with Crippen molar-refractivity contribution in [1.82, 2.24) is 4.90 Å². The van der Waals surface area contributed by atoms with Crippen LogP contribution in [0.5, 0.6) is 5.75 Å². The van der Waals surface area contributed by atoms with Crippen molar-refractivity contribution in [2.45, 2.75) is 6.42 Å². The quantitative estimate of drug-likeness (QED) is 0.851. The van der Waals surface area contributed by atoms with Crippen molar-refractivity contribution >= 4 is 17.7 Å². The molecule has 0 heterocycles. The molecule has 0 saturated heterocycles. The molecule has 1 aromatic rings. The first-order valence-electron chi connectivity index (χ1n) is 5.14. The first kappa shape index (κ1) is 12.9. The number of phenolic OH excluding ortho intramolecular Hbond substituents is 1. The third-order valence-corrected chi connectivity index (χ3v) is 2.91. The Balaban J connectivity index is 2.50. The number of amides is 1. The summed E-state index contributed by atoms with van der Waals surface area (Å²) < 4.78 is 0. The number of phenols is 1. The maximum Gasteiger partial charge on any atom is 0.226 e. The van der Waals surface area contributed by atoms with Crippen LogP contribution in [-0.2, 0) is 11.2 Å². The lowest BCUT2D eigenvalue weighted by atomic mass is 10.1. The Morgan fingerprint density at radius 1 is 1.50 bits per heavy atom. The molecule has 0 aliphatic heterocycles. The molecule has 88 valence electrons. The van der Waals surface area contributed by atoms with Gasteiger partial charge in [-0.15, -0.1) is 0 Å². The lowest BCUT2D eigenvalue weighted by Crippen LogP contribution is -2.30. The largest absolute Gasteiger partial charge is 0.508 e. The molecule has 0 atom stereocenters. The SMILES string of the molecule is CSCCN(C)C(=O)Cc1cccc(O)c1. The van der Waals surface area contributed by atoms with Gasteiger partial charge < -0.3 is 10.0 Å². The number of nitrogens with zero attached hydrogens (tertiary/aromatic N) is 1. The second kappa shape index (κ2) is 6.43. The zero-order chi connectivity index (χ0) is 12.0. The average molecular weight is 239 g/mol. The Hall–Kier alpha value is -1.16. The van der Waals surface area contributed by atoms with E-state index in [1.54, 1.807) is 41.9 Å². The maximum atomic E-state index is 11.8. The molecular formula is C12H17NO2S. The average Bonchev–Trinajstić information content (AvgIpc) is 2.25. The molecule has 0 unspecified atom stereocenters. The van der Waals surface area contributed by atoms with E-state index in [4.69, 9.17) is 0 Å². The Morgan fingerprint density at radius 2 is 2.25 bits per heavy atom. The number of hydrogen-bond donors (Lipinski definition) is 1. The first-order chi connectivity index (χ1) is 7.63. The summed E-state index contributed by atoms with van der Waals surface area (Å²) in [5.41, 5.74) is 0.848. The molecule has 16 heavy (non-hydrogen) atoms. The van der Waals surface area contributed by atoms with Crippen LogP contribution in [0, 0.1) is 0 Å². The Morgan fingerprint density at radius 3 is 2.88 bits per heavy atom. The molecule has 3 nitrogen and oxygen atoms in total. The van der Waals surface area contributed by atoms with Crippen molar-refractivity contribution < 1.29 is 9.90 Å². The summed E-state index contributed by atoms with van der Waals surface area (Å²) in [6, 6.07) is 6.82. The number of rotatable bonds is 5. The van der Waals surface area contributed by atoms with Gasteiger partial charge >= 0.3 is 0 Å². The summed E-state index contributed by atoms with van der Waals surface area (Å²) in [5.74, 6) is 1.24. The number of aromatic hydroxyl groups is 1. The highest BCUT2D eigenvalue weighted by Gasteiger charge is 2.09. The van der Waals surface area contributed by atoms with Crippen LogP contribution in [0.2, 0.25) is 0 Å². The maximum absolute atomic E-state index is 11.8. The third-order valence-electron chi connectivity index (χ3n) is 2.32. The number of carbonyl (C=O) groups excluding carboxylic acids is 1. The fraction of sp³-hybridized carbons (Fsp3) is 0.417. The topological polar surface area (TPSA) is 40.5 Å². The zero-order valence-corrected chi connectivity index (χ0v) is 10.5. The van der Waals surface area contributed by atoms with Crippen molar-refractivity contribution in [3.8, 4) is 5.75 Å². The summed E-state index contributed by atoms with van der Waals surface area (Å²) in [5, 5.41) is 9.28. The van der Waals surface area contributed by atoms with Crippen molar-refractivity contribution in [2.24, 2.45) is 0 Å². The van der Waals surface area contributed by atoms with Crippen LogP contribution in [0.15, 0.2) is 24.3 Å². The van der Waals surface area contributed by atoms with E-state index in [-0.39, 0.29) is 11.7 Å². The van der Waals surface area contributed by atoms with Gasteiger partial charge in [-0.1, -0.05) is 12.1 Å². The predicted molar refractivity (Wildman–Crippen MR) is 67.8 cm³/mol. The number of thioether (sulfide) groups is 1. The molecule has 0 fully saturated rings. The summed E-state index contributed by atoms with van der Waals surface area (Å²) in [6.45, 7) is 0.763. The number of benzene rings is 1. The summed E-state index contributed by atoms with van der Waals surface area (Å²) in [6.07, 6.45) is 2.37. The molecule has 0 aliphatic rings. The van der Waals surface area contributed by atoms with Gasteiger partial charge in [0.15, 0.2) is 0 Å². The smallest absolute Gasteiger partial charge is 0.226 e. The molecular weight excluding hydrogens is 222 g/mol. The van der Waals surface area contributed by atoms with Gasteiger partial charge in [-0.25, -0.2) is 0 Å². The third kappa shape index (κ3) is 4.14. The molecule has 1 aromatic carbocycles. The van der Waals surface area contributed by atoms with Gasteiger partial charge in [0.05, 0.1) is 6.42 Å². The second-order valence-corrected chi connectivity index (χ2v) is 4.64. The van der Waals surface area contributed by atoms with Crippen LogP contribution in [0.3, 0.4) is 0 Å². The van der Waals surface area contributed by atoms with Gasteiger partial charge in [-0.2, -0.15) is 11.8 Å². The normalized spacial score (nSPS) is 10.1. The number of likely N-dealkylation sites (N-methyl/N-ethyl adjacent to an activating group) is 1. The van der Waals surface area contributed by atoms with Gasteiger partial charge in [0, 0.05) is 19.3 Å². The minimum absolute atomic E-state index is 0.0830. The van der Waals surface area contributed by atoms with Crippen LogP contribution in [0.25, 0.3) is 0 Å². The summed E-state index contributed by atoms with van der Waals surface area (Å²) >= 11 is 1.72. The minimum atomic E-state index is 0.0830. The molecule has 0 bridgehead atoms. The Labute approximate surface area is 100 Å². The van der Waals surface area contributed by atoms with Crippen LogP contribution >= 0.6 is 11.8 Å². The monoisotopic (exact) mass is 239 g/mol. The van der Waals surface area contributed by atoms with E-state index in [0.29, 0.717) is 6.42 Å². The van der Waals surface area contributed by atoms with E-state index in [2.05, 4.69) is 0 Å². The fourth-order valence-corrected chi connectivity index (χ4v) is 1.79. The van der Waals surface area contributed by atoms with Gasteiger partial charge in [0.2, 0.25) is 5.91 Å². The van der Waals surface area contributed by atoms with E-state index in [1.165, 1.54) is 0 Å². The highest BCUT2D eigenvalue weighted by atomic mass is 32.2. The minimum Gasteiger partial charge on any atom is -0.508 e. The number of hydrogen-bond acceptors (Lipinski definition) is 3. The van der Waals surface area contributed by atoms with E-state index < -0.39 is 0 Å². The summed E-state index contributed by atoms with van der Waals surface area (Å²) in [7, 11) is 1.81. The highest BCUT2D eigenvalue weighted by molar-refractivity contribution is 7.98. The lowest BCUT2D eigenvalue weighted by Gasteiger charge is -2.16. The van der Waals surface area contributed by atoms with Crippen LogP contribution in [-0.4, -0.2) is 41.5 Å². The van der Waals surface area contributed by atoms with E-state index in [0.717, 1.165) is 17.9 Å². The lowest BCUT2D eigenvalue weighted by molar-refractivity contribution is -0.128. The molecule has 4 heteroatoms. The van der Waals surface area contributed by atoms with Crippen molar-refractivity contribution in [2.75, 3.05) is 25.6 Å². The Bertz CT molecular complexity index is 355. The molecule has 1 rings (SSSR count). The zero-order valence-electron chi connectivity index (χ0n) is 9.64. The molecule has 1 N–H and O–H groups in total. The van der Waals surface area contributed by atoms with Gasteiger partial charge in [-0.3, -0.25) is 4.79 Å². The van der Waals surface area contributed by atoms with Crippen LogP contribution in [0.1, 0.15) is 5.56 Å². The number of carbonyl (C=O) groups is 1. The first-order valence-corrected chi connectivity index (χ1v) is 6.53. The molecule has 0 saturated carbocycles. The Kier molecular flexibility index (Phi) is 5.19. The predicted octanol–water partition coefficient (Wildman–Crippen LogP) is 1.76. The van der Waals surface area contributed by atoms with E-state index >= 15 is 0 Å².